The summed E-state index contributed by atoms with van der Waals surface area (Å²) in [6.07, 6.45) is -5.11. The quantitative estimate of drug-likeness (QED) is 0.145. The molecule has 320 valence electrons. The number of hydrogen-bond acceptors (Lipinski definition) is 14. The van der Waals surface area contributed by atoms with E-state index in [0.29, 0.717) is 19.3 Å². The maximum Gasteiger partial charge on any atom is 0.303 e. The van der Waals surface area contributed by atoms with Gasteiger partial charge in [0.25, 0.3) is 0 Å². The van der Waals surface area contributed by atoms with E-state index in [-0.39, 0.29) is 58.7 Å². The standard InChI is InChI=1S/C42H68O14/c1-20(43)53-31-29(48)23(46)18-52-35(31)55-26-10-12-42-19-41(42)14-13-38(6)32(40(8)11-9-27(56-40)37(4,5)50)21(44)16-39(38,7)25(41)15-24(33(42)36(26,2)3)54-34-30(49)28(47)22(45)17-51-34/h21-35,44-50H,9-19H2,1-8H3/t21-,22-,23-,24+,25-,26-,27-,28+,29+,30-,31-,32+,33-,34+,35+,38-,39+,40+,41+,42-/m1/s1. The third-order valence-corrected chi connectivity index (χ3v) is 17.5. The first-order valence-corrected chi connectivity index (χ1v) is 21.2. The second-order valence-electron chi connectivity index (χ2n) is 21.2. The van der Waals surface area contributed by atoms with Crippen LogP contribution in [0.15, 0.2) is 0 Å². The lowest BCUT2D eigenvalue weighted by Gasteiger charge is -2.65. The monoisotopic (exact) mass is 796 g/mol. The zero-order valence-electron chi connectivity index (χ0n) is 34.4. The third kappa shape index (κ3) is 5.89. The van der Waals surface area contributed by atoms with E-state index in [1.165, 1.54) is 6.92 Å². The first kappa shape index (κ1) is 41.7. The van der Waals surface area contributed by atoms with Crippen molar-refractivity contribution in [2.24, 2.45) is 44.8 Å². The van der Waals surface area contributed by atoms with Crippen molar-refractivity contribution in [1.29, 1.82) is 0 Å². The number of carbonyl (C=O) groups is 1. The molecule has 0 aromatic rings. The van der Waals surface area contributed by atoms with Crippen LogP contribution in [0.25, 0.3) is 0 Å². The molecule has 0 aromatic heterocycles. The number of fused-ring (bicyclic) bond motifs is 2. The van der Waals surface area contributed by atoms with Crippen LogP contribution in [-0.2, 0) is 33.2 Å². The van der Waals surface area contributed by atoms with E-state index in [4.69, 9.17) is 28.4 Å². The predicted molar refractivity (Wildman–Crippen MR) is 197 cm³/mol. The molecule has 20 atom stereocenters. The molecule has 5 aliphatic carbocycles. The fraction of sp³-hybridized carbons (Fsp3) is 0.976. The Bertz CT molecular complexity index is 1520. The van der Waals surface area contributed by atoms with Crippen LogP contribution in [0.4, 0.5) is 0 Å². The first-order valence-electron chi connectivity index (χ1n) is 21.2. The maximum atomic E-state index is 12.2. The summed E-state index contributed by atoms with van der Waals surface area (Å²) in [6, 6.07) is 0. The zero-order chi connectivity index (χ0) is 40.8. The molecule has 8 rings (SSSR count). The Morgan fingerprint density at radius 2 is 1.39 bits per heavy atom. The average Bonchev–Trinajstić information content (AvgIpc) is 3.46. The third-order valence-electron chi connectivity index (χ3n) is 17.5. The summed E-state index contributed by atoms with van der Waals surface area (Å²) >= 11 is 0. The highest BCUT2D eigenvalue weighted by Crippen LogP contribution is 2.89. The van der Waals surface area contributed by atoms with Crippen molar-refractivity contribution in [2.75, 3.05) is 13.2 Å². The highest BCUT2D eigenvalue weighted by molar-refractivity contribution is 5.66. The summed E-state index contributed by atoms with van der Waals surface area (Å²) in [6.45, 7) is 15.6. The van der Waals surface area contributed by atoms with Crippen LogP contribution in [0.2, 0.25) is 0 Å². The fourth-order valence-corrected chi connectivity index (χ4v) is 14.9. The van der Waals surface area contributed by atoms with E-state index in [1.54, 1.807) is 13.8 Å². The molecule has 0 aromatic carbocycles. The number of esters is 1. The summed E-state index contributed by atoms with van der Waals surface area (Å²) in [5, 5.41) is 76.5. The van der Waals surface area contributed by atoms with Crippen molar-refractivity contribution in [3.05, 3.63) is 0 Å². The summed E-state index contributed by atoms with van der Waals surface area (Å²) in [4.78, 5) is 12.1. The van der Waals surface area contributed by atoms with Gasteiger partial charge >= 0.3 is 5.97 Å². The van der Waals surface area contributed by atoms with E-state index in [2.05, 4.69) is 34.6 Å². The molecule has 7 N–H and O–H groups in total. The lowest BCUT2D eigenvalue weighted by Crippen LogP contribution is -2.65. The van der Waals surface area contributed by atoms with E-state index < -0.39 is 90.1 Å². The van der Waals surface area contributed by atoms with Gasteiger partial charge in [-0.2, -0.15) is 0 Å². The van der Waals surface area contributed by atoms with Gasteiger partial charge in [-0.3, -0.25) is 4.79 Å². The van der Waals surface area contributed by atoms with E-state index in [9.17, 15) is 40.5 Å². The molecular formula is C42H68O14. The largest absolute Gasteiger partial charge is 0.454 e. The smallest absolute Gasteiger partial charge is 0.303 e. The summed E-state index contributed by atoms with van der Waals surface area (Å²) in [5.41, 5.74) is -3.02. The van der Waals surface area contributed by atoms with Gasteiger partial charge < -0.3 is 64.2 Å². The second kappa shape index (κ2) is 13.5. The van der Waals surface area contributed by atoms with Gasteiger partial charge in [0, 0.05) is 12.8 Å². The molecule has 2 spiro atoms. The molecule has 14 nitrogen and oxygen atoms in total. The van der Waals surface area contributed by atoms with Crippen LogP contribution < -0.4 is 0 Å². The van der Waals surface area contributed by atoms with Crippen LogP contribution in [0, 0.1) is 44.8 Å². The Kier molecular flexibility index (Phi) is 10.1. The van der Waals surface area contributed by atoms with Crippen LogP contribution in [-0.4, -0.2) is 140 Å². The Hall–Kier alpha value is -1.01. The zero-order valence-corrected chi connectivity index (χ0v) is 34.4. The van der Waals surface area contributed by atoms with Crippen molar-refractivity contribution in [3.8, 4) is 0 Å². The van der Waals surface area contributed by atoms with Gasteiger partial charge in [-0.1, -0.05) is 27.7 Å². The van der Waals surface area contributed by atoms with Gasteiger partial charge in [-0.25, -0.2) is 0 Å². The Balaban J connectivity index is 1.14. The molecular weight excluding hydrogens is 728 g/mol. The van der Waals surface area contributed by atoms with Gasteiger partial charge in [-0.15, -0.1) is 0 Å². The van der Waals surface area contributed by atoms with Gasteiger partial charge in [-0.05, 0) is 117 Å². The van der Waals surface area contributed by atoms with Crippen molar-refractivity contribution in [3.63, 3.8) is 0 Å². The molecule has 0 amide bonds. The van der Waals surface area contributed by atoms with Gasteiger partial charge in [0.2, 0.25) is 0 Å². The molecule has 5 saturated carbocycles. The number of ether oxygens (including phenoxy) is 6. The minimum Gasteiger partial charge on any atom is -0.454 e. The topological polar surface area (TPSA) is 214 Å². The number of hydrogen-bond donors (Lipinski definition) is 7. The van der Waals surface area contributed by atoms with Crippen LogP contribution >= 0.6 is 0 Å². The van der Waals surface area contributed by atoms with E-state index in [0.717, 1.165) is 38.5 Å². The van der Waals surface area contributed by atoms with E-state index in [1.807, 2.05) is 0 Å². The normalized spacial score (nSPS) is 56.4. The molecule has 56 heavy (non-hydrogen) atoms. The van der Waals surface area contributed by atoms with Crippen molar-refractivity contribution in [1.82, 2.24) is 0 Å². The van der Waals surface area contributed by atoms with Crippen LogP contribution in [0.3, 0.4) is 0 Å². The Morgan fingerprint density at radius 3 is 2.04 bits per heavy atom. The number of rotatable bonds is 7. The van der Waals surface area contributed by atoms with Gasteiger partial charge in [0.1, 0.15) is 30.5 Å². The number of aliphatic hydroxyl groups excluding tert-OH is 6. The average molecular weight is 797 g/mol. The van der Waals surface area contributed by atoms with E-state index >= 15 is 0 Å². The lowest BCUT2D eigenvalue weighted by molar-refractivity contribution is -0.326. The van der Waals surface area contributed by atoms with Crippen LogP contribution in [0.5, 0.6) is 0 Å². The maximum absolute atomic E-state index is 12.2. The molecule has 3 aliphatic heterocycles. The number of aliphatic hydroxyl groups is 7. The van der Waals surface area contributed by atoms with Crippen LogP contribution in [0.1, 0.15) is 113 Å². The highest BCUT2D eigenvalue weighted by Gasteiger charge is 2.85. The van der Waals surface area contributed by atoms with Crippen molar-refractivity contribution < 1.29 is 69.0 Å². The Labute approximate surface area is 330 Å². The Morgan fingerprint density at radius 1 is 0.732 bits per heavy atom. The van der Waals surface area contributed by atoms with Crippen molar-refractivity contribution in [2.45, 2.75) is 198 Å². The molecule has 14 heteroatoms. The SMILES string of the molecule is CC(=O)O[C@H]1[C@H](O[C@@H]2CC[C@]34C[C@]35CC[C@]3(C)[C@@H]([C@]6(C)CC[C@H](C(C)(C)O)O6)[C@H](O)C[C@@]3(C)[C@H]5C[C@H](O[C@@H]3OC[C@@H](O)[C@H](O)[C@H]3O)[C@@H]4C2(C)C)OC[C@@H](O)[C@@H]1O. The molecule has 3 saturated heterocycles. The minimum absolute atomic E-state index is 0.0423. The minimum atomic E-state index is -1.47. The van der Waals surface area contributed by atoms with Gasteiger partial charge in [0.05, 0.1) is 48.8 Å². The van der Waals surface area contributed by atoms with Crippen molar-refractivity contribution >= 4 is 5.97 Å². The predicted octanol–water partition coefficient (Wildman–Crippen LogP) is 1.93. The fourth-order valence-electron chi connectivity index (χ4n) is 14.9. The molecule has 8 fully saturated rings. The summed E-state index contributed by atoms with van der Waals surface area (Å²) in [7, 11) is 0. The molecule has 0 radical (unpaired) electrons. The number of carbonyl (C=O) groups excluding carboxylic acids is 1. The molecule has 0 bridgehead atoms. The molecule has 0 unspecified atom stereocenters. The second-order valence-corrected chi connectivity index (χ2v) is 21.2. The van der Waals surface area contributed by atoms with Gasteiger partial charge in [0.15, 0.2) is 18.7 Å². The summed E-state index contributed by atoms with van der Waals surface area (Å²) < 4.78 is 37.6. The summed E-state index contributed by atoms with van der Waals surface area (Å²) in [5.74, 6) is -0.753. The first-order chi connectivity index (χ1) is 26.0. The molecule has 3 heterocycles. The molecule has 8 aliphatic rings. The highest BCUT2D eigenvalue weighted by atomic mass is 16.7. The lowest BCUT2D eigenvalue weighted by atomic mass is 9.41.